The Balaban J connectivity index is 1.24. The van der Waals surface area contributed by atoms with Crippen molar-refractivity contribution >= 4 is 10.9 Å². The van der Waals surface area contributed by atoms with E-state index in [1.165, 1.54) is 12.1 Å². The second-order valence-corrected chi connectivity index (χ2v) is 7.04. The minimum atomic E-state index is -0.810. The van der Waals surface area contributed by atoms with Gasteiger partial charge in [0.1, 0.15) is 0 Å². The molecule has 0 saturated heterocycles. The van der Waals surface area contributed by atoms with E-state index in [1.54, 1.807) is 16.9 Å². The fourth-order valence-electron chi connectivity index (χ4n) is 3.48. The number of nitrogens with one attached hydrogen (secondary N) is 1. The lowest BCUT2D eigenvalue weighted by molar-refractivity contribution is 0.506. The molecule has 7 heteroatoms. The molecule has 0 spiro atoms. The first kappa shape index (κ1) is 16.9. The number of pyridine rings is 1. The summed E-state index contributed by atoms with van der Waals surface area (Å²) in [6.07, 6.45) is 4.56. The topological polar surface area (TPSA) is 55.6 Å². The quantitative estimate of drug-likeness (QED) is 0.576. The van der Waals surface area contributed by atoms with Crippen LogP contribution in [0.4, 0.5) is 8.78 Å². The lowest BCUT2D eigenvalue weighted by Gasteiger charge is -2.03. The molecule has 2 atom stereocenters. The molecule has 1 N–H and O–H groups in total. The molecule has 5 rings (SSSR count). The third kappa shape index (κ3) is 3.25. The minimum absolute atomic E-state index is 0.207. The number of aromatic nitrogens is 4. The van der Waals surface area contributed by atoms with Crippen LogP contribution in [0.15, 0.2) is 60.9 Å². The van der Waals surface area contributed by atoms with Gasteiger partial charge in [0, 0.05) is 30.1 Å². The molecule has 0 aliphatic heterocycles. The molecule has 1 fully saturated rings. The van der Waals surface area contributed by atoms with Crippen LogP contribution in [0.5, 0.6) is 0 Å². The Morgan fingerprint density at radius 2 is 2.00 bits per heavy atom. The summed E-state index contributed by atoms with van der Waals surface area (Å²) in [5.74, 6) is -1.40. The number of hydrogen-bond acceptors (Lipinski definition) is 4. The number of nitrogens with zero attached hydrogens (tertiary/aromatic N) is 4. The summed E-state index contributed by atoms with van der Waals surface area (Å²) >= 11 is 0. The third-order valence-electron chi connectivity index (χ3n) is 5.10. The van der Waals surface area contributed by atoms with Crippen molar-refractivity contribution < 1.29 is 8.78 Å². The lowest BCUT2D eigenvalue weighted by Crippen LogP contribution is -2.17. The van der Waals surface area contributed by atoms with Crippen molar-refractivity contribution in [3.8, 4) is 5.69 Å². The van der Waals surface area contributed by atoms with E-state index in [0.717, 1.165) is 34.3 Å². The summed E-state index contributed by atoms with van der Waals surface area (Å²) in [6.45, 7) is 0.569. The van der Waals surface area contributed by atoms with Gasteiger partial charge in [-0.1, -0.05) is 17.3 Å². The van der Waals surface area contributed by atoms with E-state index < -0.39 is 11.6 Å². The lowest BCUT2D eigenvalue weighted by atomic mass is 10.1. The molecule has 5 nitrogen and oxygen atoms in total. The van der Waals surface area contributed by atoms with Gasteiger partial charge in [-0.2, -0.15) is 0 Å². The van der Waals surface area contributed by atoms with E-state index in [-0.39, 0.29) is 12.0 Å². The van der Waals surface area contributed by atoms with E-state index in [9.17, 15) is 8.78 Å². The Morgan fingerprint density at radius 3 is 2.89 bits per heavy atom. The maximum Gasteiger partial charge on any atom is 0.159 e. The second kappa shape index (κ2) is 6.76. The summed E-state index contributed by atoms with van der Waals surface area (Å²) in [5.41, 5.74) is 3.50. The highest BCUT2D eigenvalue weighted by Gasteiger charge is 2.38. The molecule has 140 valence electrons. The smallest absolute Gasteiger partial charge is 0.159 e. The van der Waals surface area contributed by atoms with E-state index in [0.29, 0.717) is 6.54 Å². The first-order valence-corrected chi connectivity index (χ1v) is 9.12. The van der Waals surface area contributed by atoms with Crippen molar-refractivity contribution in [2.45, 2.75) is 24.9 Å². The van der Waals surface area contributed by atoms with Gasteiger partial charge in [-0.15, -0.1) is 5.10 Å². The Kier molecular flexibility index (Phi) is 4.09. The zero-order valence-electron chi connectivity index (χ0n) is 14.9. The highest BCUT2D eigenvalue weighted by Crippen LogP contribution is 2.41. The molecule has 1 saturated carbocycles. The molecule has 0 unspecified atom stereocenters. The number of benzene rings is 2. The maximum absolute atomic E-state index is 13.4. The number of halogens is 2. The van der Waals surface area contributed by atoms with Gasteiger partial charge in [0.25, 0.3) is 0 Å². The molecular weight excluding hydrogens is 360 g/mol. The van der Waals surface area contributed by atoms with Crippen molar-refractivity contribution in [1.29, 1.82) is 0 Å². The van der Waals surface area contributed by atoms with Crippen molar-refractivity contribution in [2.75, 3.05) is 0 Å². The van der Waals surface area contributed by atoms with Gasteiger partial charge in [0.05, 0.1) is 23.1 Å². The summed E-state index contributed by atoms with van der Waals surface area (Å²) in [5, 5.41) is 12.9. The van der Waals surface area contributed by atoms with E-state index in [2.05, 4.69) is 20.6 Å². The van der Waals surface area contributed by atoms with Gasteiger partial charge in [0.2, 0.25) is 0 Å². The van der Waals surface area contributed by atoms with Crippen molar-refractivity contribution in [3.05, 3.63) is 83.8 Å². The van der Waals surface area contributed by atoms with E-state index in [4.69, 9.17) is 0 Å². The molecule has 0 radical (unpaired) electrons. The van der Waals surface area contributed by atoms with Crippen LogP contribution < -0.4 is 5.32 Å². The van der Waals surface area contributed by atoms with Crippen LogP contribution in [0.3, 0.4) is 0 Å². The second-order valence-electron chi connectivity index (χ2n) is 7.04. The molecule has 4 aromatic rings. The summed E-state index contributed by atoms with van der Waals surface area (Å²) in [7, 11) is 0. The average Bonchev–Trinajstić information content (AvgIpc) is 3.34. The fraction of sp³-hybridized carbons (Fsp3) is 0.190. The SMILES string of the molecule is Fc1ccc([C@@H]2C[C@H]2NCc2cn(-c3ccc4ncccc4c3)nn2)cc1F. The Hall–Kier alpha value is -3.19. The maximum atomic E-state index is 13.4. The molecule has 0 bridgehead atoms. The molecule has 2 aromatic carbocycles. The first-order chi connectivity index (χ1) is 13.7. The van der Waals surface area contributed by atoms with Crippen molar-refractivity contribution in [3.63, 3.8) is 0 Å². The zero-order chi connectivity index (χ0) is 19.1. The molecular formula is C21H17F2N5. The van der Waals surface area contributed by atoms with Gasteiger partial charge in [-0.05, 0) is 48.4 Å². The molecule has 1 aliphatic carbocycles. The van der Waals surface area contributed by atoms with Crippen LogP contribution in [-0.2, 0) is 6.54 Å². The zero-order valence-corrected chi connectivity index (χ0v) is 14.9. The Morgan fingerprint density at radius 1 is 1.07 bits per heavy atom. The number of fused-ring (bicyclic) bond motifs is 1. The molecule has 0 amide bonds. The molecule has 28 heavy (non-hydrogen) atoms. The number of rotatable bonds is 5. The predicted molar refractivity (Wildman–Crippen MR) is 101 cm³/mol. The van der Waals surface area contributed by atoms with Crippen molar-refractivity contribution in [1.82, 2.24) is 25.3 Å². The molecule has 1 aliphatic rings. The van der Waals surface area contributed by atoms with Crippen molar-refractivity contribution in [2.24, 2.45) is 0 Å². The summed E-state index contributed by atoms with van der Waals surface area (Å²) < 4.78 is 28.2. The normalized spacial score (nSPS) is 18.5. The van der Waals surface area contributed by atoms with Crippen LogP contribution >= 0.6 is 0 Å². The van der Waals surface area contributed by atoms with Crippen LogP contribution in [0, 0.1) is 11.6 Å². The van der Waals surface area contributed by atoms with E-state index >= 15 is 0 Å². The first-order valence-electron chi connectivity index (χ1n) is 9.12. The Labute approximate surface area is 160 Å². The highest BCUT2D eigenvalue weighted by molar-refractivity contribution is 5.80. The van der Waals surface area contributed by atoms with Crippen LogP contribution in [0.1, 0.15) is 23.6 Å². The summed E-state index contributed by atoms with van der Waals surface area (Å²) in [6, 6.07) is 14.2. The van der Waals surface area contributed by atoms with Crippen LogP contribution in [0.25, 0.3) is 16.6 Å². The highest BCUT2D eigenvalue weighted by atomic mass is 19.2. The third-order valence-corrected chi connectivity index (χ3v) is 5.10. The fourth-order valence-corrected chi connectivity index (χ4v) is 3.48. The predicted octanol–water partition coefficient (Wildman–Crippen LogP) is 3.74. The van der Waals surface area contributed by atoms with Crippen LogP contribution in [-0.4, -0.2) is 26.0 Å². The molecule has 2 heterocycles. The molecule has 2 aromatic heterocycles. The van der Waals surface area contributed by atoms with Gasteiger partial charge in [0.15, 0.2) is 11.6 Å². The monoisotopic (exact) mass is 377 g/mol. The standard InChI is InChI=1S/C21H17F2N5/c22-18-5-3-13(9-19(18)23)17-10-21(17)25-11-15-12-28(27-26-15)16-4-6-20-14(8-16)2-1-7-24-20/h1-9,12,17,21,25H,10-11H2/t17-,21+/m0/s1. The minimum Gasteiger partial charge on any atom is -0.308 e. The van der Waals surface area contributed by atoms with Gasteiger partial charge in [-0.3, -0.25) is 4.98 Å². The number of hydrogen-bond donors (Lipinski definition) is 1. The van der Waals surface area contributed by atoms with E-state index in [1.807, 2.05) is 36.5 Å². The average molecular weight is 377 g/mol. The van der Waals surface area contributed by atoms with Gasteiger partial charge >= 0.3 is 0 Å². The summed E-state index contributed by atoms with van der Waals surface area (Å²) in [4.78, 5) is 4.32. The Bertz CT molecular complexity index is 1160. The largest absolute Gasteiger partial charge is 0.308 e. The van der Waals surface area contributed by atoms with Gasteiger partial charge < -0.3 is 5.32 Å². The van der Waals surface area contributed by atoms with Crippen LogP contribution in [0.2, 0.25) is 0 Å². The van der Waals surface area contributed by atoms with Gasteiger partial charge in [-0.25, -0.2) is 13.5 Å².